The molecular weight excluding hydrogens is 298 g/mol. The summed E-state index contributed by atoms with van der Waals surface area (Å²) in [5.41, 5.74) is 5.63. The SMILES string of the molecule is CCCCCCCCOC(CN)C(C)(C)OCCCCCCCC. The van der Waals surface area contributed by atoms with Gasteiger partial charge in [-0.25, -0.2) is 0 Å². The van der Waals surface area contributed by atoms with Crippen LogP contribution >= 0.6 is 0 Å². The maximum Gasteiger partial charge on any atom is 0.0980 e. The van der Waals surface area contributed by atoms with Gasteiger partial charge in [0.25, 0.3) is 0 Å². The van der Waals surface area contributed by atoms with Crippen molar-refractivity contribution in [2.45, 2.75) is 116 Å². The molecule has 146 valence electrons. The van der Waals surface area contributed by atoms with Crippen molar-refractivity contribution in [1.29, 1.82) is 0 Å². The monoisotopic (exact) mass is 343 g/mol. The highest BCUT2D eigenvalue weighted by atomic mass is 16.5. The molecular formula is C21H45NO2. The minimum absolute atomic E-state index is 0.00627. The second kappa shape index (κ2) is 16.4. The van der Waals surface area contributed by atoms with Crippen LogP contribution in [-0.4, -0.2) is 31.5 Å². The van der Waals surface area contributed by atoms with Crippen molar-refractivity contribution in [2.75, 3.05) is 19.8 Å². The molecule has 0 aliphatic carbocycles. The Hall–Kier alpha value is -0.120. The van der Waals surface area contributed by atoms with Crippen molar-refractivity contribution in [2.24, 2.45) is 5.73 Å². The Kier molecular flexibility index (Phi) is 16.3. The predicted octanol–water partition coefficient (Wildman–Crippen LogP) is 5.85. The highest BCUT2D eigenvalue weighted by molar-refractivity contribution is 4.81. The molecule has 0 aromatic heterocycles. The zero-order valence-corrected chi connectivity index (χ0v) is 17.1. The third-order valence-corrected chi connectivity index (χ3v) is 4.78. The van der Waals surface area contributed by atoms with Crippen LogP contribution in [0.4, 0.5) is 0 Å². The molecule has 0 rings (SSSR count). The summed E-state index contributed by atoms with van der Waals surface area (Å²) in [5.74, 6) is 0. The first-order valence-corrected chi connectivity index (χ1v) is 10.5. The largest absolute Gasteiger partial charge is 0.374 e. The van der Waals surface area contributed by atoms with E-state index in [1.165, 1.54) is 64.2 Å². The van der Waals surface area contributed by atoms with Crippen LogP contribution in [-0.2, 0) is 9.47 Å². The van der Waals surface area contributed by atoms with Crippen LogP contribution in [0.5, 0.6) is 0 Å². The van der Waals surface area contributed by atoms with Crippen molar-refractivity contribution in [3.8, 4) is 0 Å². The first kappa shape index (κ1) is 23.9. The lowest BCUT2D eigenvalue weighted by molar-refractivity contribution is -0.124. The van der Waals surface area contributed by atoms with E-state index in [0.29, 0.717) is 6.54 Å². The van der Waals surface area contributed by atoms with Gasteiger partial charge in [-0.15, -0.1) is 0 Å². The van der Waals surface area contributed by atoms with Crippen LogP contribution in [0.15, 0.2) is 0 Å². The van der Waals surface area contributed by atoms with Gasteiger partial charge in [-0.3, -0.25) is 0 Å². The fourth-order valence-corrected chi connectivity index (χ4v) is 2.97. The highest BCUT2D eigenvalue weighted by Gasteiger charge is 2.29. The van der Waals surface area contributed by atoms with Crippen LogP contribution in [0.3, 0.4) is 0 Å². The van der Waals surface area contributed by atoms with Gasteiger partial charge in [0.1, 0.15) is 0 Å². The molecule has 0 bridgehead atoms. The smallest absolute Gasteiger partial charge is 0.0980 e. The summed E-state index contributed by atoms with van der Waals surface area (Å²) in [7, 11) is 0. The maximum absolute atomic E-state index is 6.09. The Morgan fingerprint density at radius 2 is 1.17 bits per heavy atom. The first-order valence-electron chi connectivity index (χ1n) is 10.5. The van der Waals surface area contributed by atoms with Gasteiger partial charge >= 0.3 is 0 Å². The zero-order chi connectivity index (χ0) is 18.1. The number of unbranched alkanes of at least 4 members (excludes halogenated alkanes) is 10. The molecule has 1 unspecified atom stereocenters. The molecule has 0 aliphatic heterocycles. The van der Waals surface area contributed by atoms with Gasteiger partial charge < -0.3 is 15.2 Å². The molecule has 0 fully saturated rings. The van der Waals surface area contributed by atoms with Crippen molar-refractivity contribution in [1.82, 2.24) is 0 Å². The number of nitrogens with two attached hydrogens (primary N) is 1. The van der Waals surface area contributed by atoms with Gasteiger partial charge in [-0.1, -0.05) is 78.1 Å². The summed E-state index contributed by atoms with van der Waals surface area (Å²) in [5, 5.41) is 0. The van der Waals surface area contributed by atoms with Crippen LogP contribution in [0, 0.1) is 0 Å². The standard InChI is InChI=1S/C21H45NO2/c1-5-7-9-11-13-15-17-23-20(19-22)21(3,4)24-18-16-14-12-10-8-6-2/h20H,5-19,22H2,1-4H3. The lowest BCUT2D eigenvalue weighted by atomic mass is 10.0. The lowest BCUT2D eigenvalue weighted by Gasteiger charge is -2.33. The topological polar surface area (TPSA) is 44.5 Å². The molecule has 0 heterocycles. The van der Waals surface area contributed by atoms with Gasteiger partial charge in [0.2, 0.25) is 0 Å². The molecule has 0 spiro atoms. The second-order valence-electron chi connectivity index (χ2n) is 7.58. The first-order chi connectivity index (χ1) is 11.6. The van der Waals surface area contributed by atoms with Gasteiger partial charge in [0, 0.05) is 19.8 Å². The Morgan fingerprint density at radius 3 is 1.67 bits per heavy atom. The number of hydrogen-bond donors (Lipinski definition) is 1. The molecule has 0 aromatic rings. The summed E-state index contributed by atoms with van der Waals surface area (Å²) < 4.78 is 12.1. The Morgan fingerprint density at radius 1 is 0.708 bits per heavy atom. The fraction of sp³-hybridized carbons (Fsp3) is 1.00. The molecule has 0 saturated heterocycles. The number of rotatable bonds is 18. The molecule has 0 amide bonds. The van der Waals surface area contributed by atoms with E-state index in [-0.39, 0.29) is 11.7 Å². The lowest BCUT2D eigenvalue weighted by Crippen LogP contribution is -2.46. The summed E-state index contributed by atoms with van der Waals surface area (Å²) in [6.07, 6.45) is 15.5. The molecule has 0 aromatic carbocycles. The molecule has 2 N–H and O–H groups in total. The van der Waals surface area contributed by atoms with Crippen molar-refractivity contribution >= 4 is 0 Å². The van der Waals surface area contributed by atoms with Gasteiger partial charge in [0.15, 0.2) is 0 Å². The predicted molar refractivity (Wildman–Crippen MR) is 106 cm³/mol. The van der Waals surface area contributed by atoms with Crippen molar-refractivity contribution < 1.29 is 9.47 Å². The van der Waals surface area contributed by atoms with E-state index < -0.39 is 0 Å². The van der Waals surface area contributed by atoms with Crippen molar-refractivity contribution in [3.05, 3.63) is 0 Å². The van der Waals surface area contributed by atoms with Gasteiger partial charge in [-0.05, 0) is 26.7 Å². The second-order valence-corrected chi connectivity index (χ2v) is 7.58. The number of hydrogen-bond acceptors (Lipinski definition) is 3. The highest BCUT2D eigenvalue weighted by Crippen LogP contribution is 2.19. The summed E-state index contributed by atoms with van der Waals surface area (Å²) in [6.45, 7) is 10.9. The van der Waals surface area contributed by atoms with E-state index in [1.54, 1.807) is 0 Å². The quantitative estimate of drug-likeness (QED) is 0.318. The molecule has 0 aliphatic rings. The molecule has 1 atom stereocenters. The summed E-state index contributed by atoms with van der Waals surface area (Å²) in [6, 6.07) is 0. The van der Waals surface area contributed by atoms with E-state index in [4.69, 9.17) is 15.2 Å². The van der Waals surface area contributed by atoms with Crippen LogP contribution in [0.25, 0.3) is 0 Å². The molecule has 3 heteroatoms. The van der Waals surface area contributed by atoms with Crippen LogP contribution in [0.1, 0.15) is 105 Å². The van der Waals surface area contributed by atoms with E-state index in [2.05, 4.69) is 27.7 Å². The molecule has 0 saturated carbocycles. The Bertz CT molecular complexity index is 256. The number of ether oxygens (including phenoxy) is 2. The van der Waals surface area contributed by atoms with E-state index in [9.17, 15) is 0 Å². The van der Waals surface area contributed by atoms with Crippen LogP contribution < -0.4 is 5.73 Å². The van der Waals surface area contributed by atoms with Gasteiger partial charge in [0.05, 0.1) is 11.7 Å². The Labute approximate surface area is 152 Å². The van der Waals surface area contributed by atoms with E-state index in [0.717, 1.165) is 26.1 Å². The average Bonchev–Trinajstić information content (AvgIpc) is 2.56. The van der Waals surface area contributed by atoms with Crippen LogP contribution in [0.2, 0.25) is 0 Å². The maximum atomic E-state index is 6.09. The zero-order valence-electron chi connectivity index (χ0n) is 17.1. The minimum Gasteiger partial charge on any atom is -0.374 e. The third kappa shape index (κ3) is 13.2. The minimum atomic E-state index is -0.291. The summed E-state index contributed by atoms with van der Waals surface area (Å²) in [4.78, 5) is 0. The fourth-order valence-electron chi connectivity index (χ4n) is 2.97. The van der Waals surface area contributed by atoms with E-state index in [1.807, 2.05) is 0 Å². The van der Waals surface area contributed by atoms with Gasteiger partial charge in [-0.2, -0.15) is 0 Å². The third-order valence-electron chi connectivity index (χ3n) is 4.78. The average molecular weight is 344 g/mol. The van der Waals surface area contributed by atoms with Crippen molar-refractivity contribution in [3.63, 3.8) is 0 Å². The normalized spacial score (nSPS) is 13.4. The Balaban J connectivity index is 3.76. The van der Waals surface area contributed by atoms with E-state index >= 15 is 0 Å². The summed E-state index contributed by atoms with van der Waals surface area (Å²) >= 11 is 0. The molecule has 3 nitrogen and oxygen atoms in total. The molecule has 24 heavy (non-hydrogen) atoms. The molecule has 0 radical (unpaired) electrons.